The van der Waals surface area contributed by atoms with Crippen molar-refractivity contribution >= 4 is 23.5 Å². The van der Waals surface area contributed by atoms with Crippen molar-refractivity contribution in [2.24, 2.45) is 4.99 Å². The Hall–Kier alpha value is -3.27. The van der Waals surface area contributed by atoms with E-state index in [0.717, 1.165) is 11.3 Å². The molecule has 0 radical (unpaired) electrons. The number of halogens is 1. The van der Waals surface area contributed by atoms with Crippen LogP contribution in [0.1, 0.15) is 15.9 Å². The van der Waals surface area contributed by atoms with E-state index in [1.54, 1.807) is 36.5 Å². The fraction of sp³-hybridized carbons (Fsp3) is 0. The molecule has 0 fully saturated rings. The molecule has 3 aromatic rings. The van der Waals surface area contributed by atoms with E-state index in [-0.39, 0.29) is 11.7 Å². The zero-order valence-electron chi connectivity index (χ0n) is 12.8. The fourth-order valence-corrected chi connectivity index (χ4v) is 2.19. The minimum atomic E-state index is -0.296. The van der Waals surface area contributed by atoms with Crippen molar-refractivity contribution in [1.29, 1.82) is 0 Å². The van der Waals surface area contributed by atoms with Crippen LogP contribution >= 0.6 is 0 Å². The monoisotopic (exact) mass is 318 g/mol. The first kappa shape index (κ1) is 15.6. The van der Waals surface area contributed by atoms with Gasteiger partial charge in [-0.05, 0) is 42.0 Å². The third-order valence-corrected chi connectivity index (χ3v) is 3.40. The van der Waals surface area contributed by atoms with E-state index >= 15 is 0 Å². The summed E-state index contributed by atoms with van der Waals surface area (Å²) in [5, 5.41) is 2.84. The third kappa shape index (κ3) is 3.93. The summed E-state index contributed by atoms with van der Waals surface area (Å²) >= 11 is 0. The summed E-state index contributed by atoms with van der Waals surface area (Å²) in [6, 6.07) is 22.3. The second kappa shape index (κ2) is 7.33. The standard InChI is InChI=1S/C20H15FN2O/c21-16-12-10-15(11-13-16)14-22-19-9-5-4-8-18(19)20(24)23-17-6-2-1-3-7-17/h1-14H,(H,23,24)/b22-14+. The van der Waals surface area contributed by atoms with Crippen molar-refractivity contribution in [3.63, 3.8) is 0 Å². The molecule has 24 heavy (non-hydrogen) atoms. The lowest BCUT2D eigenvalue weighted by molar-refractivity contribution is 0.102. The Kier molecular flexibility index (Phi) is 4.77. The largest absolute Gasteiger partial charge is 0.322 e. The number of aliphatic imine (C=N–C) groups is 1. The van der Waals surface area contributed by atoms with Gasteiger partial charge in [-0.15, -0.1) is 0 Å². The van der Waals surface area contributed by atoms with Gasteiger partial charge in [-0.25, -0.2) is 4.39 Å². The van der Waals surface area contributed by atoms with Crippen LogP contribution in [0.15, 0.2) is 83.9 Å². The Labute approximate surface area is 139 Å². The van der Waals surface area contributed by atoms with E-state index < -0.39 is 0 Å². The molecule has 0 saturated carbocycles. The Morgan fingerprint density at radius 3 is 2.29 bits per heavy atom. The number of carbonyl (C=O) groups is 1. The van der Waals surface area contributed by atoms with Crippen LogP contribution in [0.3, 0.4) is 0 Å². The van der Waals surface area contributed by atoms with Crippen LogP contribution < -0.4 is 5.32 Å². The van der Waals surface area contributed by atoms with Crippen LogP contribution in [0.25, 0.3) is 0 Å². The second-order valence-electron chi connectivity index (χ2n) is 5.15. The summed E-state index contributed by atoms with van der Waals surface area (Å²) in [5.41, 5.74) is 2.50. The molecule has 118 valence electrons. The predicted molar refractivity (Wildman–Crippen MR) is 94.5 cm³/mol. The highest BCUT2D eigenvalue weighted by atomic mass is 19.1. The van der Waals surface area contributed by atoms with E-state index in [2.05, 4.69) is 10.3 Å². The zero-order chi connectivity index (χ0) is 16.8. The molecular weight excluding hydrogens is 303 g/mol. The molecule has 0 aliphatic heterocycles. The average molecular weight is 318 g/mol. The van der Waals surface area contributed by atoms with Gasteiger partial charge in [-0.1, -0.05) is 42.5 Å². The maximum absolute atomic E-state index is 12.9. The molecule has 0 aliphatic rings. The average Bonchev–Trinajstić information content (AvgIpc) is 2.62. The number of benzene rings is 3. The SMILES string of the molecule is O=C(Nc1ccccc1)c1ccccc1/N=C/c1ccc(F)cc1. The molecule has 4 heteroatoms. The molecule has 0 heterocycles. The maximum atomic E-state index is 12.9. The molecule has 0 aromatic heterocycles. The van der Waals surface area contributed by atoms with Gasteiger partial charge in [0.15, 0.2) is 0 Å². The normalized spacial score (nSPS) is 10.7. The maximum Gasteiger partial charge on any atom is 0.257 e. The van der Waals surface area contributed by atoms with Crippen molar-refractivity contribution in [2.75, 3.05) is 5.32 Å². The van der Waals surface area contributed by atoms with Gasteiger partial charge in [0.2, 0.25) is 0 Å². The molecule has 0 unspecified atom stereocenters. The highest BCUT2D eigenvalue weighted by molar-refractivity contribution is 6.08. The molecule has 0 atom stereocenters. The van der Waals surface area contributed by atoms with Crippen LogP contribution in [0, 0.1) is 5.82 Å². The number of nitrogens with zero attached hydrogens (tertiary/aromatic N) is 1. The summed E-state index contributed by atoms with van der Waals surface area (Å²) in [6.45, 7) is 0. The van der Waals surface area contributed by atoms with Gasteiger partial charge in [0, 0.05) is 11.9 Å². The molecule has 3 rings (SSSR count). The van der Waals surface area contributed by atoms with Gasteiger partial charge < -0.3 is 5.32 Å². The number of anilines is 1. The smallest absolute Gasteiger partial charge is 0.257 e. The topological polar surface area (TPSA) is 41.5 Å². The lowest BCUT2D eigenvalue weighted by atomic mass is 10.1. The first-order chi connectivity index (χ1) is 11.7. The number of carbonyl (C=O) groups excluding carboxylic acids is 1. The van der Waals surface area contributed by atoms with Crippen LogP contribution in [0.2, 0.25) is 0 Å². The minimum absolute atomic E-state index is 0.229. The quantitative estimate of drug-likeness (QED) is 0.688. The van der Waals surface area contributed by atoms with Crippen LogP contribution in [-0.2, 0) is 0 Å². The number of amides is 1. The molecule has 0 spiro atoms. The molecule has 0 bridgehead atoms. The van der Waals surface area contributed by atoms with Crippen molar-refractivity contribution < 1.29 is 9.18 Å². The molecule has 0 saturated heterocycles. The number of rotatable bonds is 4. The number of nitrogens with one attached hydrogen (secondary N) is 1. The van der Waals surface area contributed by atoms with Gasteiger partial charge >= 0.3 is 0 Å². The highest BCUT2D eigenvalue weighted by Gasteiger charge is 2.10. The van der Waals surface area contributed by atoms with Gasteiger partial charge in [0.25, 0.3) is 5.91 Å². The summed E-state index contributed by atoms with van der Waals surface area (Å²) in [6.07, 6.45) is 1.61. The lowest BCUT2D eigenvalue weighted by Gasteiger charge is -2.07. The van der Waals surface area contributed by atoms with Crippen LogP contribution in [0.5, 0.6) is 0 Å². The summed E-state index contributed by atoms with van der Waals surface area (Å²) in [7, 11) is 0. The van der Waals surface area contributed by atoms with Crippen LogP contribution in [-0.4, -0.2) is 12.1 Å². The van der Waals surface area contributed by atoms with E-state index in [9.17, 15) is 9.18 Å². The summed E-state index contributed by atoms with van der Waals surface area (Å²) < 4.78 is 12.9. The van der Waals surface area contributed by atoms with Crippen molar-refractivity contribution in [1.82, 2.24) is 0 Å². The Morgan fingerprint density at radius 1 is 0.875 bits per heavy atom. The molecule has 0 aliphatic carbocycles. The fourth-order valence-electron chi connectivity index (χ4n) is 2.19. The van der Waals surface area contributed by atoms with Gasteiger partial charge in [-0.3, -0.25) is 9.79 Å². The number of para-hydroxylation sites is 2. The van der Waals surface area contributed by atoms with Gasteiger partial charge in [0.05, 0.1) is 11.3 Å². The molecule has 3 nitrogen and oxygen atoms in total. The minimum Gasteiger partial charge on any atom is -0.322 e. The number of hydrogen-bond donors (Lipinski definition) is 1. The number of hydrogen-bond acceptors (Lipinski definition) is 2. The van der Waals surface area contributed by atoms with Crippen molar-refractivity contribution in [2.45, 2.75) is 0 Å². The van der Waals surface area contributed by atoms with E-state index in [0.29, 0.717) is 11.3 Å². The van der Waals surface area contributed by atoms with Gasteiger partial charge in [0.1, 0.15) is 5.82 Å². The first-order valence-electron chi connectivity index (χ1n) is 7.47. The van der Waals surface area contributed by atoms with Crippen LogP contribution in [0.4, 0.5) is 15.8 Å². The Bertz CT molecular complexity index is 858. The van der Waals surface area contributed by atoms with E-state index in [4.69, 9.17) is 0 Å². The van der Waals surface area contributed by atoms with Gasteiger partial charge in [-0.2, -0.15) is 0 Å². The Balaban J connectivity index is 1.82. The highest BCUT2D eigenvalue weighted by Crippen LogP contribution is 2.20. The molecule has 1 N–H and O–H groups in total. The van der Waals surface area contributed by atoms with E-state index in [1.807, 2.05) is 36.4 Å². The molecule has 3 aromatic carbocycles. The second-order valence-corrected chi connectivity index (χ2v) is 5.15. The Morgan fingerprint density at radius 2 is 1.54 bits per heavy atom. The van der Waals surface area contributed by atoms with Crippen molar-refractivity contribution in [3.05, 3.63) is 95.8 Å². The third-order valence-electron chi connectivity index (χ3n) is 3.40. The summed E-state index contributed by atoms with van der Waals surface area (Å²) in [4.78, 5) is 16.8. The predicted octanol–water partition coefficient (Wildman–Crippen LogP) is 4.83. The zero-order valence-corrected chi connectivity index (χ0v) is 12.8. The first-order valence-corrected chi connectivity index (χ1v) is 7.47. The lowest BCUT2D eigenvalue weighted by Crippen LogP contribution is -2.11. The van der Waals surface area contributed by atoms with E-state index in [1.165, 1.54) is 12.1 Å². The van der Waals surface area contributed by atoms with Crippen molar-refractivity contribution in [3.8, 4) is 0 Å². The summed E-state index contributed by atoms with van der Waals surface area (Å²) in [5.74, 6) is -0.525. The molecule has 1 amide bonds. The molecular formula is C20H15FN2O.